The molecular formula is C25H22O5. The van der Waals surface area contributed by atoms with Gasteiger partial charge in [-0.25, -0.2) is 4.79 Å². The van der Waals surface area contributed by atoms with Crippen LogP contribution in [0.1, 0.15) is 17.5 Å². The van der Waals surface area contributed by atoms with Crippen molar-refractivity contribution in [2.75, 3.05) is 14.2 Å². The van der Waals surface area contributed by atoms with Crippen LogP contribution in [0.25, 0.3) is 16.7 Å². The Morgan fingerprint density at radius 3 is 2.07 bits per heavy atom. The Morgan fingerprint density at radius 2 is 1.47 bits per heavy atom. The molecule has 0 heterocycles. The molecule has 3 aromatic rings. The predicted molar refractivity (Wildman–Crippen MR) is 115 cm³/mol. The Morgan fingerprint density at radius 1 is 0.800 bits per heavy atom. The van der Waals surface area contributed by atoms with Gasteiger partial charge in [0.1, 0.15) is 5.75 Å². The summed E-state index contributed by atoms with van der Waals surface area (Å²) < 4.78 is 10.2. The number of carbonyl (C=O) groups is 2. The third-order valence-electron chi connectivity index (χ3n) is 4.70. The number of carboxylic acids is 1. The highest BCUT2D eigenvalue weighted by molar-refractivity contribution is 6.05. The summed E-state index contributed by atoms with van der Waals surface area (Å²) in [6.45, 7) is 0. The zero-order chi connectivity index (χ0) is 21.5. The smallest absolute Gasteiger partial charge is 0.334 e. The van der Waals surface area contributed by atoms with E-state index < -0.39 is 18.4 Å². The molecule has 0 bridgehead atoms. The van der Waals surface area contributed by atoms with Crippen LogP contribution in [0.4, 0.5) is 0 Å². The van der Waals surface area contributed by atoms with Gasteiger partial charge in [-0.3, -0.25) is 4.79 Å². The van der Waals surface area contributed by atoms with Gasteiger partial charge >= 0.3 is 11.9 Å². The van der Waals surface area contributed by atoms with Crippen LogP contribution >= 0.6 is 0 Å². The van der Waals surface area contributed by atoms with Crippen LogP contribution in [0.15, 0.2) is 84.4 Å². The molecule has 3 rings (SSSR count). The van der Waals surface area contributed by atoms with E-state index in [4.69, 9.17) is 9.47 Å². The molecule has 0 saturated heterocycles. The molecule has 0 fully saturated rings. The third kappa shape index (κ3) is 4.75. The minimum Gasteiger partial charge on any atom is -0.497 e. The Hall–Kier alpha value is -3.86. The lowest BCUT2D eigenvalue weighted by molar-refractivity contribution is -0.141. The number of ether oxygens (including phenoxy) is 2. The van der Waals surface area contributed by atoms with Crippen molar-refractivity contribution >= 4 is 17.5 Å². The summed E-state index contributed by atoms with van der Waals surface area (Å²) >= 11 is 0. The molecule has 152 valence electrons. The SMILES string of the molecule is COC(=O)/C(CC(=O)O)=C(\c1ccc(-c2ccccc2)cc1)c1cccc(OC)c1. The largest absolute Gasteiger partial charge is 0.497 e. The lowest BCUT2D eigenvalue weighted by Crippen LogP contribution is -2.12. The van der Waals surface area contributed by atoms with E-state index in [2.05, 4.69) is 0 Å². The molecule has 3 aromatic carbocycles. The highest BCUT2D eigenvalue weighted by Gasteiger charge is 2.22. The molecule has 30 heavy (non-hydrogen) atoms. The molecule has 1 N–H and O–H groups in total. The number of benzene rings is 3. The Labute approximate surface area is 175 Å². The van der Waals surface area contributed by atoms with Crippen LogP contribution < -0.4 is 4.74 Å². The van der Waals surface area contributed by atoms with Crippen LogP contribution in [0.3, 0.4) is 0 Å². The summed E-state index contributed by atoms with van der Waals surface area (Å²) in [5.41, 5.74) is 4.04. The van der Waals surface area contributed by atoms with Gasteiger partial charge in [0, 0.05) is 5.57 Å². The molecule has 0 aromatic heterocycles. The van der Waals surface area contributed by atoms with Crippen molar-refractivity contribution < 1.29 is 24.2 Å². The predicted octanol–water partition coefficient (Wildman–Crippen LogP) is 4.81. The number of hydrogen-bond donors (Lipinski definition) is 1. The van der Waals surface area contributed by atoms with E-state index in [0.717, 1.165) is 11.1 Å². The summed E-state index contributed by atoms with van der Waals surface area (Å²) in [4.78, 5) is 24.0. The molecule has 0 unspecified atom stereocenters. The summed E-state index contributed by atoms with van der Waals surface area (Å²) in [5.74, 6) is -1.19. The number of rotatable bonds is 7. The highest BCUT2D eigenvalue weighted by atomic mass is 16.5. The van der Waals surface area contributed by atoms with Crippen molar-refractivity contribution in [2.45, 2.75) is 6.42 Å². The van der Waals surface area contributed by atoms with E-state index in [1.807, 2.05) is 60.7 Å². The van der Waals surface area contributed by atoms with Gasteiger partial charge in [-0.15, -0.1) is 0 Å². The molecule has 0 spiro atoms. The van der Waals surface area contributed by atoms with E-state index >= 15 is 0 Å². The summed E-state index contributed by atoms with van der Waals surface area (Å²) in [7, 11) is 2.79. The molecule has 0 saturated carbocycles. The van der Waals surface area contributed by atoms with Crippen molar-refractivity contribution in [3.05, 3.63) is 95.6 Å². The molecule has 0 radical (unpaired) electrons. The molecule has 0 aliphatic rings. The molecule has 0 atom stereocenters. The maximum atomic E-state index is 12.5. The molecule has 5 heteroatoms. The fraction of sp³-hybridized carbons (Fsp3) is 0.120. The van der Waals surface area contributed by atoms with Crippen LogP contribution in [0.2, 0.25) is 0 Å². The van der Waals surface area contributed by atoms with E-state index in [1.165, 1.54) is 7.11 Å². The van der Waals surface area contributed by atoms with Gasteiger partial charge in [-0.05, 0) is 34.4 Å². The van der Waals surface area contributed by atoms with E-state index in [-0.39, 0.29) is 5.57 Å². The maximum Gasteiger partial charge on any atom is 0.334 e. The monoisotopic (exact) mass is 402 g/mol. The zero-order valence-corrected chi connectivity index (χ0v) is 16.8. The van der Waals surface area contributed by atoms with Crippen LogP contribution in [0, 0.1) is 0 Å². The van der Waals surface area contributed by atoms with E-state index in [0.29, 0.717) is 22.4 Å². The summed E-state index contributed by atoms with van der Waals surface area (Å²) in [5, 5.41) is 9.40. The van der Waals surface area contributed by atoms with Crippen molar-refractivity contribution in [1.82, 2.24) is 0 Å². The second kappa shape index (κ2) is 9.56. The van der Waals surface area contributed by atoms with E-state index in [1.54, 1.807) is 25.3 Å². The van der Waals surface area contributed by atoms with Crippen LogP contribution in [0.5, 0.6) is 5.75 Å². The topological polar surface area (TPSA) is 72.8 Å². The van der Waals surface area contributed by atoms with Crippen molar-refractivity contribution in [1.29, 1.82) is 0 Å². The number of carbonyl (C=O) groups excluding carboxylic acids is 1. The third-order valence-corrected chi connectivity index (χ3v) is 4.70. The first-order chi connectivity index (χ1) is 14.5. The first kappa shape index (κ1) is 20.9. The minimum absolute atomic E-state index is 0.0747. The second-order valence-corrected chi connectivity index (χ2v) is 6.59. The number of esters is 1. The number of carboxylic acid groups (broad SMARTS) is 1. The molecule has 0 aliphatic heterocycles. The number of hydrogen-bond acceptors (Lipinski definition) is 4. The maximum absolute atomic E-state index is 12.5. The van der Waals surface area contributed by atoms with Gasteiger partial charge in [0.2, 0.25) is 0 Å². The summed E-state index contributed by atoms with van der Waals surface area (Å²) in [6, 6.07) is 24.7. The molecular weight excluding hydrogens is 380 g/mol. The Kier molecular flexibility index (Phi) is 6.65. The van der Waals surface area contributed by atoms with Gasteiger partial charge in [-0.1, -0.05) is 66.7 Å². The standard InChI is InChI=1S/C25H22O5/c1-29-21-10-6-9-20(15-21)24(22(16-23(26)27)25(28)30-2)19-13-11-18(12-14-19)17-7-4-3-5-8-17/h3-15H,16H2,1-2H3,(H,26,27)/b24-22+. The first-order valence-corrected chi connectivity index (χ1v) is 9.37. The molecule has 0 aliphatic carbocycles. The lowest BCUT2D eigenvalue weighted by atomic mass is 9.90. The normalized spacial score (nSPS) is 11.4. The molecule has 5 nitrogen and oxygen atoms in total. The lowest BCUT2D eigenvalue weighted by Gasteiger charge is -2.15. The Bertz CT molecular complexity index is 1070. The quantitative estimate of drug-likeness (QED) is 0.453. The van der Waals surface area contributed by atoms with Gasteiger partial charge in [0.25, 0.3) is 0 Å². The second-order valence-electron chi connectivity index (χ2n) is 6.59. The number of methoxy groups -OCH3 is 2. The van der Waals surface area contributed by atoms with Gasteiger partial charge < -0.3 is 14.6 Å². The van der Waals surface area contributed by atoms with Gasteiger partial charge in [-0.2, -0.15) is 0 Å². The van der Waals surface area contributed by atoms with Crippen molar-refractivity contribution in [2.24, 2.45) is 0 Å². The number of aliphatic carboxylic acids is 1. The van der Waals surface area contributed by atoms with Crippen molar-refractivity contribution in [3.8, 4) is 16.9 Å². The Balaban J connectivity index is 2.19. The van der Waals surface area contributed by atoms with Crippen molar-refractivity contribution in [3.63, 3.8) is 0 Å². The summed E-state index contributed by atoms with van der Waals surface area (Å²) in [6.07, 6.45) is -0.459. The first-order valence-electron chi connectivity index (χ1n) is 9.37. The van der Waals surface area contributed by atoms with Gasteiger partial charge in [0.15, 0.2) is 0 Å². The average molecular weight is 402 g/mol. The van der Waals surface area contributed by atoms with Crippen LogP contribution in [-0.2, 0) is 14.3 Å². The average Bonchev–Trinajstić information content (AvgIpc) is 2.79. The fourth-order valence-electron chi connectivity index (χ4n) is 3.29. The highest BCUT2D eigenvalue weighted by Crippen LogP contribution is 2.32. The van der Waals surface area contributed by atoms with Crippen LogP contribution in [-0.4, -0.2) is 31.3 Å². The molecule has 0 amide bonds. The zero-order valence-electron chi connectivity index (χ0n) is 16.8. The fourth-order valence-corrected chi connectivity index (χ4v) is 3.29. The minimum atomic E-state index is -1.11. The van der Waals surface area contributed by atoms with Gasteiger partial charge in [0.05, 0.1) is 26.2 Å². The van der Waals surface area contributed by atoms with E-state index in [9.17, 15) is 14.7 Å².